The third kappa shape index (κ3) is 5.42. The molecule has 13 heteroatoms. The number of nitrogens with two attached hydrogens (primary N) is 1. The van der Waals surface area contributed by atoms with Crippen molar-refractivity contribution in [1.29, 1.82) is 0 Å². The van der Waals surface area contributed by atoms with Gasteiger partial charge in [-0.05, 0) is 24.3 Å². The summed E-state index contributed by atoms with van der Waals surface area (Å²) in [5.41, 5.74) is -0.792. The highest BCUT2D eigenvalue weighted by Crippen LogP contribution is 2.34. The minimum Gasteiger partial charge on any atom is -0.493 e. The van der Waals surface area contributed by atoms with Crippen molar-refractivity contribution in [2.75, 3.05) is 26.1 Å². The normalized spacial score (nSPS) is 10.8. The minimum absolute atomic E-state index is 0.0430. The summed E-state index contributed by atoms with van der Waals surface area (Å²) in [6.07, 6.45) is 0. The van der Waals surface area contributed by atoms with Gasteiger partial charge in [0.2, 0.25) is 10.0 Å². The number of rotatable bonds is 8. The lowest BCUT2D eigenvalue weighted by molar-refractivity contribution is -0.385. The second-order valence-corrected chi connectivity index (χ2v) is 7.24. The Hall–Kier alpha value is -3.71. The molecule has 0 bridgehead atoms. The number of amides is 1. The number of nitrogens with zero attached hydrogens (tertiary/aromatic N) is 1. The first-order valence-electron chi connectivity index (χ1n) is 8.07. The molecule has 12 nitrogen and oxygen atoms in total. The second kappa shape index (κ2) is 9.19. The van der Waals surface area contributed by atoms with Gasteiger partial charge in [0.1, 0.15) is 5.56 Å². The van der Waals surface area contributed by atoms with E-state index in [0.29, 0.717) is 0 Å². The van der Waals surface area contributed by atoms with Crippen molar-refractivity contribution in [3.05, 3.63) is 52.1 Å². The first kappa shape index (κ1) is 22.6. The molecular formula is C17H17N3O9S. The molecule has 1 amide bonds. The molecule has 0 saturated heterocycles. The van der Waals surface area contributed by atoms with Crippen molar-refractivity contribution >= 4 is 33.3 Å². The number of methoxy groups -OCH3 is 2. The van der Waals surface area contributed by atoms with E-state index in [0.717, 1.165) is 12.1 Å². The smallest absolute Gasteiger partial charge is 0.345 e. The molecule has 0 spiro atoms. The number of nitrogens with one attached hydrogen (secondary N) is 1. The summed E-state index contributed by atoms with van der Waals surface area (Å²) >= 11 is 0. The molecule has 0 atom stereocenters. The maximum Gasteiger partial charge on any atom is 0.345 e. The summed E-state index contributed by atoms with van der Waals surface area (Å²) in [6.45, 7) is -0.749. The Morgan fingerprint density at radius 2 is 1.67 bits per heavy atom. The quantitative estimate of drug-likeness (QED) is 0.346. The van der Waals surface area contributed by atoms with Gasteiger partial charge in [-0.3, -0.25) is 14.9 Å². The van der Waals surface area contributed by atoms with Gasteiger partial charge < -0.3 is 19.5 Å². The third-order valence-corrected chi connectivity index (χ3v) is 4.65. The number of sulfonamides is 1. The number of ether oxygens (including phenoxy) is 3. The first-order valence-corrected chi connectivity index (χ1v) is 9.61. The average molecular weight is 439 g/mol. The van der Waals surface area contributed by atoms with Gasteiger partial charge in [-0.1, -0.05) is 0 Å². The number of esters is 1. The number of carbonyl (C=O) groups excluding carboxylic acids is 2. The lowest BCUT2D eigenvalue weighted by atomic mass is 10.1. The SMILES string of the molecule is COc1cc(C(=O)OCC(=O)Nc2ccc(S(N)(=O)=O)cc2)c([N+](=O)[O-])cc1OC. The van der Waals surface area contributed by atoms with Gasteiger partial charge in [-0.15, -0.1) is 0 Å². The van der Waals surface area contributed by atoms with Crippen LogP contribution in [0.25, 0.3) is 0 Å². The van der Waals surface area contributed by atoms with Crippen LogP contribution in [0.4, 0.5) is 11.4 Å². The monoisotopic (exact) mass is 439 g/mol. The molecule has 30 heavy (non-hydrogen) atoms. The lowest BCUT2D eigenvalue weighted by Crippen LogP contribution is -2.21. The second-order valence-electron chi connectivity index (χ2n) is 5.68. The van der Waals surface area contributed by atoms with Crippen LogP contribution in [0.2, 0.25) is 0 Å². The summed E-state index contributed by atoms with van der Waals surface area (Å²) in [5.74, 6) is -1.77. The molecule has 0 heterocycles. The zero-order chi connectivity index (χ0) is 22.5. The van der Waals surface area contributed by atoms with Gasteiger partial charge in [0.25, 0.3) is 11.6 Å². The Kier molecular flexibility index (Phi) is 6.92. The van der Waals surface area contributed by atoms with E-state index in [2.05, 4.69) is 5.32 Å². The summed E-state index contributed by atoms with van der Waals surface area (Å²) in [4.78, 5) is 34.5. The van der Waals surface area contributed by atoms with Crippen molar-refractivity contribution in [3.63, 3.8) is 0 Å². The van der Waals surface area contributed by atoms with E-state index in [1.807, 2.05) is 0 Å². The Morgan fingerprint density at radius 3 is 2.17 bits per heavy atom. The number of benzene rings is 2. The zero-order valence-electron chi connectivity index (χ0n) is 15.8. The van der Waals surface area contributed by atoms with Crippen LogP contribution in [-0.2, 0) is 19.6 Å². The Bertz CT molecular complexity index is 1080. The van der Waals surface area contributed by atoms with Crippen molar-refractivity contribution < 1.29 is 37.1 Å². The van der Waals surface area contributed by atoms with Crippen molar-refractivity contribution in [2.24, 2.45) is 5.14 Å². The van der Waals surface area contributed by atoms with Gasteiger partial charge in [0, 0.05) is 11.8 Å². The zero-order valence-corrected chi connectivity index (χ0v) is 16.6. The molecule has 0 saturated carbocycles. The van der Waals surface area contributed by atoms with E-state index in [1.165, 1.54) is 38.5 Å². The molecule has 0 radical (unpaired) electrons. The molecule has 0 aliphatic heterocycles. The third-order valence-electron chi connectivity index (χ3n) is 3.72. The largest absolute Gasteiger partial charge is 0.493 e. The van der Waals surface area contributed by atoms with E-state index in [4.69, 9.17) is 19.3 Å². The van der Waals surface area contributed by atoms with E-state index in [-0.39, 0.29) is 22.1 Å². The highest BCUT2D eigenvalue weighted by Gasteiger charge is 2.26. The number of hydrogen-bond donors (Lipinski definition) is 2. The van der Waals surface area contributed by atoms with Gasteiger partial charge in [-0.25, -0.2) is 18.4 Å². The Balaban J connectivity index is 2.09. The molecule has 2 rings (SSSR count). The molecule has 0 unspecified atom stereocenters. The summed E-state index contributed by atoms with van der Waals surface area (Å²) < 4.78 is 37.2. The fourth-order valence-electron chi connectivity index (χ4n) is 2.32. The standard InChI is InChI=1S/C17H17N3O9S/c1-27-14-7-12(13(20(23)24)8-15(14)28-2)17(22)29-9-16(21)19-10-3-5-11(6-4-10)30(18,25)26/h3-8H,9H2,1-2H3,(H,19,21)(H2,18,25,26). The Labute approximate surface area is 170 Å². The molecule has 0 aromatic heterocycles. The van der Waals surface area contributed by atoms with Crippen molar-refractivity contribution in [1.82, 2.24) is 0 Å². The van der Waals surface area contributed by atoms with Gasteiger partial charge in [0.05, 0.1) is 30.1 Å². The van der Waals surface area contributed by atoms with Crippen LogP contribution in [0.15, 0.2) is 41.3 Å². The molecule has 2 aromatic rings. The Morgan fingerprint density at radius 1 is 1.10 bits per heavy atom. The van der Waals surface area contributed by atoms with Crippen LogP contribution in [0.5, 0.6) is 11.5 Å². The maximum atomic E-state index is 12.3. The molecule has 0 aliphatic carbocycles. The van der Waals surface area contributed by atoms with E-state index in [1.54, 1.807) is 0 Å². The summed E-state index contributed by atoms with van der Waals surface area (Å²) in [6, 6.07) is 7.02. The van der Waals surface area contributed by atoms with Crippen LogP contribution in [-0.4, -0.2) is 46.0 Å². The molecule has 0 aliphatic rings. The minimum atomic E-state index is -3.88. The predicted octanol–water partition coefficient (Wildman–Crippen LogP) is 1.05. The average Bonchev–Trinajstić information content (AvgIpc) is 2.70. The van der Waals surface area contributed by atoms with Crippen LogP contribution in [0.3, 0.4) is 0 Å². The number of carbonyl (C=O) groups is 2. The van der Waals surface area contributed by atoms with E-state index >= 15 is 0 Å². The van der Waals surface area contributed by atoms with Crippen LogP contribution in [0.1, 0.15) is 10.4 Å². The van der Waals surface area contributed by atoms with Crippen LogP contribution >= 0.6 is 0 Å². The number of nitro benzene ring substituents is 1. The molecule has 160 valence electrons. The van der Waals surface area contributed by atoms with E-state index < -0.39 is 44.7 Å². The molecule has 3 N–H and O–H groups in total. The van der Waals surface area contributed by atoms with Crippen molar-refractivity contribution in [3.8, 4) is 11.5 Å². The maximum absolute atomic E-state index is 12.3. The number of anilines is 1. The predicted molar refractivity (Wildman–Crippen MR) is 103 cm³/mol. The van der Waals surface area contributed by atoms with Crippen LogP contribution < -0.4 is 19.9 Å². The lowest BCUT2D eigenvalue weighted by Gasteiger charge is -2.11. The van der Waals surface area contributed by atoms with Gasteiger partial charge >= 0.3 is 5.97 Å². The van der Waals surface area contributed by atoms with E-state index in [9.17, 15) is 28.1 Å². The highest BCUT2D eigenvalue weighted by atomic mass is 32.2. The molecular weight excluding hydrogens is 422 g/mol. The molecule has 2 aromatic carbocycles. The van der Waals surface area contributed by atoms with Crippen molar-refractivity contribution in [2.45, 2.75) is 4.90 Å². The van der Waals surface area contributed by atoms with Gasteiger partial charge in [-0.2, -0.15) is 0 Å². The topological polar surface area (TPSA) is 177 Å². The summed E-state index contributed by atoms with van der Waals surface area (Å²) in [7, 11) is -1.32. The van der Waals surface area contributed by atoms with Crippen LogP contribution in [0, 0.1) is 10.1 Å². The number of primary sulfonamides is 1. The number of hydrogen-bond acceptors (Lipinski definition) is 9. The summed E-state index contributed by atoms with van der Waals surface area (Å²) in [5, 5.41) is 18.6. The fraction of sp³-hybridized carbons (Fsp3) is 0.176. The molecule has 0 fully saturated rings. The first-order chi connectivity index (χ1) is 14.1. The number of nitro groups is 1. The van der Waals surface area contributed by atoms with Gasteiger partial charge in [0.15, 0.2) is 18.1 Å². The fourth-order valence-corrected chi connectivity index (χ4v) is 2.83. The highest BCUT2D eigenvalue weighted by molar-refractivity contribution is 7.89.